The third-order valence-electron chi connectivity index (χ3n) is 3.31. The summed E-state index contributed by atoms with van der Waals surface area (Å²) in [5, 5.41) is 29.0. The normalized spacial score (nSPS) is 20.7. The number of aliphatic hydroxyl groups excluding tert-OH is 1. The Morgan fingerprint density at radius 1 is 1.36 bits per heavy atom. The zero-order valence-corrected chi connectivity index (χ0v) is 11.4. The fraction of sp³-hybridized carbons (Fsp3) is 0.385. The van der Waals surface area contributed by atoms with Gasteiger partial charge in [0.15, 0.2) is 0 Å². The van der Waals surface area contributed by atoms with E-state index in [4.69, 9.17) is 9.84 Å². The van der Waals surface area contributed by atoms with Gasteiger partial charge in [-0.1, -0.05) is 0 Å². The van der Waals surface area contributed by atoms with E-state index < -0.39 is 29.1 Å². The summed E-state index contributed by atoms with van der Waals surface area (Å²) in [4.78, 5) is 33.8. The van der Waals surface area contributed by atoms with Crippen molar-refractivity contribution >= 4 is 17.7 Å². The largest absolute Gasteiger partial charge is 0.480 e. The molecule has 1 saturated heterocycles. The number of carbonyl (C=O) groups excluding carboxylic acids is 1. The highest BCUT2D eigenvalue weighted by Crippen LogP contribution is 2.20. The number of non-ortho nitro benzene ring substituents is 1. The number of ether oxygens (including phenoxy) is 1. The lowest BCUT2D eigenvalue weighted by molar-refractivity contribution is -0.384. The van der Waals surface area contributed by atoms with Gasteiger partial charge in [-0.05, 0) is 17.7 Å². The fourth-order valence-corrected chi connectivity index (χ4v) is 2.19. The molecule has 0 spiro atoms. The standard InChI is InChI=1S/C13H14N2O7/c16-10-5-11(12(17)18)14(6-10)13(19)22-7-8-1-3-9(4-2-8)15(20)21/h1-4,10-11,16H,5-7H2,(H,17,18)/t10?,11-/m1/s1. The Morgan fingerprint density at radius 2 is 2.00 bits per heavy atom. The van der Waals surface area contributed by atoms with E-state index in [-0.39, 0.29) is 25.3 Å². The predicted molar refractivity (Wildman–Crippen MR) is 72.0 cm³/mol. The summed E-state index contributed by atoms with van der Waals surface area (Å²) in [6.45, 7) is -0.244. The van der Waals surface area contributed by atoms with Gasteiger partial charge in [-0.3, -0.25) is 15.0 Å². The average molecular weight is 310 g/mol. The summed E-state index contributed by atoms with van der Waals surface area (Å²) >= 11 is 0. The number of nitrogens with zero attached hydrogens (tertiary/aromatic N) is 2. The van der Waals surface area contributed by atoms with Crippen molar-refractivity contribution in [2.45, 2.75) is 25.2 Å². The Kier molecular flexibility index (Phi) is 4.56. The van der Waals surface area contributed by atoms with Gasteiger partial charge in [0.05, 0.1) is 17.6 Å². The van der Waals surface area contributed by atoms with Crippen LogP contribution >= 0.6 is 0 Å². The van der Waals surface area contributed by atoms with E-state index in [9.17, 15) is 24.8 Å². The molecular formula is C13H14N2O7. The van der Waals surface area contributed by atoms with Crippen LogP contribution in [-0.4, -0.2) is 50.8 Å². The Morgan fingerprint density at radius 3 is 2.55 bits per heavy atom. The summed E-state index contributed by atoms with van der Waals surface area (Å²) in [6, 6.07) is 4.34. The quantitative estimate of drug-likeness (QED) is 0.619. The molecule has 1 heterocycles. The van der Waals surface area contributed by atoms with Gasteiger partial charge in [-0.2, -0.15) is 0 Å². The van der Waals surface area contributed by atoms with Gasteiger partial charge >= 0.3 is 12.1 Å². The Hall–Kier alpha value is -2.68. The van der Waals surface area contributed by atoms with E-state index in [1.165, 1.54) is 24.3 Å². The van der Waals surface area contributed by atoms with Crippen molar-refractivity contribution < 1.29 is 29.5 Å². The number of carboxylic acids is 1. The van der Waals surface area contributed by atoms with Gasteiger partial charge in [-0.15, -0.1) is 0 Å². The molecule has 9 nitrogen and oxygen atoms in total. The summed E-state index contributed by atoms with van der Waals surface area (Å²) in [5.41, 5.74) is 0.453. The topological polar surface area (TPSA) is 130 Å². The molecule has 2 atom stereocenters. The van der Waals surface area contributed by atoms with Crippen molar-refractivity contribution in [2.24, 2.45) is 0 Å². The molecule has 0 aromatic heterocycles. The van der Waals surface area contributed by atoms with E-state index in [1.807, 2.05) is 0 Å². The molecule has 0 saturated carbocycles. The molecule has 22 heavy (non-hydrogen) atoms. The van der Waals surface area contributed by atoms with Crippen LogP contribution < -0.4 is 0 Å². The number of aliphatic hydroxyl groups is 1. The van der Waals surface area contributed by atoms with Crippen LogP contribution in [0.3, 0.4) is 0 Å². The third-order valence-corrected chi connectivity index (χ3v) is 3.31. The summed E-state index contributed by atoms with van der Waals surface area (Å²) < 4.78 is 4.98. The highest BCUT2D eigenvalue weighted by Gasteiger charge is 2.39. The first kappa shape index (κ1) is 15.7. The summed E-state index contributed by atoms with van der Waals surface area (Å²) in [5.74, 6) is -1.20. The maximum absolute atomic E-state index is 11.9. The van der Waals surface area contributed by atoms with Crippen molar-refractivity contribution in [1.29, 1.82) is 0 Å². The molecule has 9 heteroatoms. The van der Waals surface area contributed by atoms with Crippen LogP contribution in [0, 0.1) is 10.1 Å². The number of amides is 1. The molecule has 1 aromatic carbocycles. The van der Waals surface area contributed by atoms with Crippen molar-refractivity contribution in [3.8, 4) is 0 Å². The van der Waals surface area contributed by atoms with Crippen LogP contribution in [-0.2, 0) is 16.1 Å². The number of nitro groups is 1. The maximum Gasteiger partial charge on any atom is 0.410 e. The number of benzene rings is 1. The second kappa shape index (κ2) is 6.39. The van der Waals surface area contributed by atoms with Gasteiger partial charge in [0.2, 0.25) is 0 Å². The number of carboxylic acid groups (broad SMARTS) is 1. The predicted octanol–water partition coefficient (Wildman–Crippen LogP) is 0.751. The number of carbonyl (C=O) groups is 2. The number of β-amino-alcohol motifs (C(OH)–C–C–N with tert-alkyl or cyclic N) is 1. The lowest BCUT2D eigenvalue weighted by Crippen LogP contribution is -2.40. The molecular weight excluding hydrogens is 296 g/mol. The molecule has 118 valence electrons. The van der Waals surface area contributed by atoms with Crippen molar-refractivity contribution in [3.63, 3.8) is 0 Å². The van der Waals surface area contributed by atoms with Gasteiger partial charge < -0.3 is 14.9 Å². The molecule has 1 aromatic rings. The van der Waals surface area contributed by atoms with E-state index >= 15 is 0 Å². The number of likely N-dealkylation sites (tertiary alicyclic amines) is 1. The van der Waals surface area contributed by atoms with Crippen LogP contribution in [0.4, 0.5) is 10.5 Å². The smallest absolute Gasteiger partial charge is 0.410 e. The van der Waals surface area contributed by atoms with Crippen LogP contribution in [0.1, 0.15) is 12.0 Å². The second-order valence-electron chi connectivity index (χ2n) is 4.87. The van der Waals surface area contributed by atoms with E-state index in [0.29, 0.717) is 5.56 Å². The molecule has 1 fully saturated rings. The number of nitro benzene ring substituents is 1. The number of hydrogen-bond donors (Lipinski definition) is 2. The molecule has 0 radical (unpaired) electrons. The Labute approximate surface area is 124 Å². The Bertz CT molecular complexity index is 587. The minimum Gasteiger partial charge on any atom is -0.480 e. The van der Waals surface area contributed by atoms with E-state index in [1.54, 1.807) is 0 Å². The fourth-order valence-electron chi connectivity index (χ4n) is 2.19. The van der Waals surface area contributed by atoms with Crippen LogP contribution in [0.15, 0.2) is 24.3 Å². The molecule has 0 aliphatic carbocycles. The summed E-state index contributed by atoms with van der Waals surface area (Å²) in [6.07, 6.45) is -1.78. The van der Waals surface area contributed by atoms with Gasteiger partial charge in [0.25, 0.3) is 5.69 Å². The van der Waals surface area contributed by atoms with Gasteiger partial charge in [-0.25, -0.2) is 9.59 Å². The van der Waals surface area contributed by atoms with Crippen molar-refractivity contribution in [3.05, 3.63) is 39.9 Å². The molecule has 2 N–H and O–H groups in total. The first-order valence-corrected chi connectivity index (χ1v) is 6.46. The van der Waals surface area contributed by atoms with Gasteiger partial charge in [0, 0.05) is 18.6 Å². The van der Waals surface area contributed by atoms with Crippen LogP contribution in [0.2, 0.25) is 0 Å². The monoisotopic (exact) mass is 310 g/mol. The zero-order chi connectivity index (χ0) is 16.3. The van der Waals surface area contributed by atoms with Crippen molar-refractivity contribution in [2.75, 3.05) is 6.54 Å². The minimum atomic E-state index is -1.20. The molecule has 0 bridgehead atoms. The molecule has 1 amide bonds. The molecule has 1 aliphatic rings. The van der Waals surface area contributed by atoms with Gasteiger partial charge in [0.1, 0.15) is 12.6 Å². The number of rotatable bonds is 4. The molecule has 1 aliphatic heterocycles. The van der Waals surface area contributed by atoms with Crippen LogP contribution in [0.5, 0.6) is 0 Å². The van der Waals surface area contributed by atoms with E-state index in [2.05, 4.69) is 0 Å². The second-order valence-corrected chi connectivity index (χ2v) is 4.87. The number of aliphatic carboxylic acids is 1. The first-order valence-electron chi connectivity index (χ1n) is 6.46. The Balaban J connectivity index is 1.94. The highest BCUT2D eigenvalue weighted by molar-refractivity contribution is 5.80. The third kappa shape index (κ3) is 3.50. The minimum absolute atomic E-state index is 0.0397. The van der Waals surface area contributed by atoms with Crippen molar-refractivity contribution in [1.82, 2.24) is 4.90 Å². The number of hydrogen-bond acceptors (Lipinski definition) is 6. The first-order chi connectivity index (χ1) is 10.4. The lowest BCUT2D eigenvalue weighted by atomic mass is 10.2. The van der Waals surface area contributed by atoms with Crippen LogP contribution in [0.25, 0.3) is 0 Å². The lowest BCUT2D eigenvalue weighted by Gasteiger charge is -2.20. The zero-order valence-electron chi connectivity index (χ0n) is 11.4. The van der Waals surface area contributed by atoms with E-state index in [0.717, 1.165) is 4.90 Å². The SMILES string of the molecule is O=C(O)[C@H]1CC(O)CN1C(=O)OCc1ccc([N+](=O)[O-])cc1. The maximum atomic E-state index is 11.9. The molecule has 2 rings (SSSR count). The average Bonchev–Trinajstić information content (AvgIpc) is 2.87. The summed E-state index contributed by atoms with van der Waals surface area (Å²) in [7, 11) is 0. The highest BCUT2D eigenvalue weighted by atomic mass is 16.6. The molecule has 1 unspecified atom stereocenters.